The van der Waals surface area contributed by atoms with E-state index >= 15 is 0 Å². The van der Waals surface area contributed by atoms with Gasteiger partial charge in [0.2, 0.25) is 0 Å². The van der Waals surface area contributed by atoms with Crippen molar-refractivity contribution in [2.75, 3.05) is 13.1 Å². The lowest BCUT2D eigenvalue weighted by Gasteiger charge is -2.28. The summed E-state index contributed by atoms with van der Waals surface area (Å²) in [5, 5.41) is 3.57. The van der Waals surface area contributed by atoms with Gasteiger partial charge in [0.15, 0.2) is 0 Å². The van der Waals surface area contributed by atoms with Crippen LogP contribution in [0.15, 0.2) is 0 Å². The van der Waals surface area contributed by atoms with Crippen LogP contribution in [0, 0.1) is 0 Å². The predicted molar refractivity (Wildman–Crippen MR) is 55.3 cm³/mol. The summed E-state index contributed by atoms with van der Waals surface area (Å²) < 4.78 is 0. The zero-order chi connectivity index (χ0) is 9.45. The SMILES string of the molecule is CCC(C)(CC)NCCCCN. The molecule has 0 aromatic carbocycles. The van der Waals surface area contributed by atoms with Crippen LogP contribution in [0.5, 0.6) is 0 Å². The van der Waals surface area contributed by atoms with Crippen LogP contribution in [0.4, 0.5) is 0 Å². The maximum Gasteiger partial charge on any atom is 0.0148 e. The van der Waals surface area contributed by atoms with E-state index in [1.165, 1.54) is 19.3 Å². The van der Waals surface area contributed by atoms with Crippen LogP contribution >= 0.6 is 0 Å². The highest BCUT2D eigenvalue weighted by Crippen LogP contribution is 2.12. The fourth-order valence-corrected chi connectivity index (χ4v) is 1.16. The molecular weight excluding hydrogens is 148 g/mol. The van der Waals surface area contributed by atoms with Gasteiger partial charge in [0.05, 0.1) is 0 Å². The summed E-state index contributed by atoms with van der Waals surface area (Å²) in [7, 11) is 0. The predicted octanol–water partition coefficient (Wildman–Crippen LogP) is 1.89. The summed E-state index contributed by atoms with van der Waals surface area (Å²) in [6, 6.07) is 0. The van der Waals surface area contributed by atoms with Gasteiger partial charge in [-0.05, 0) is 45.7 Å². The summed E-state index contributed by atoms with van der Waals surface area (Å²) in [6.45, 7) is 8.68. The first-order valence-corrected chi connectivity index (χ1v) is 5.13. The molecule has 0 spiro atoms. The topological polar surface area (TPSA) is 38.0 Å². The summed E-state index contributed by atoms with van der Waals surface area (Å²) >= 11 is 0. The monoisotopic (exact) mass is 172 g/mol. The van der Waals surface area contributed by atoms with E-state index in [2.05, 4.69) is 26.1 Å². The minimum Gasteiger partial charge on any atom is -0.330 e. The van der Waals surface area contributed by atoms with Crippen molar-refractivity contribution in [1.82, 2.24) is 5.32 Å². The molecule has 0 saturated heterocycles. The molecule has 0 aliphatic rings. The molecule has 0 amide bonds. The van der Waals surface area contributed by atoms with E-state index in [9.17, 15) is 0 Å². The zero-order valence-electron chi connectivity index (χ0n) is 8.82. The van der Waals surface area contributed by atoms with Crippen molar-refractivity contribution in [2.45, 2.75) is 52.0 Å². The molecule has 74 valence electrons. The van der Waals surface area contributed by atoms with Crippen molar-refractivity contribution in [1.29, 1.82) is 0 Å². The van der Waals surface area contributed by atoms with Crippen molar-refractivity contribution in [3.8, 4) is 0 Å². The van der Waals surface area contributed by atoms with E-state index < -0.39 is 0 Å². The second-order valence-corrected chi connectivity index (χ2v) is 3.69. The quantitative estimate of drug-likeness (QED) is 0.576. The maximum atomic E-state index is 5.42. The molecule has 0 aliphatic carbocycles. The minimum absolute atomic E-state index is 0.342. The molecule has 0 heterocycles. The summed E-state index contributed by atoms with van der Waals surface area (Å²) in [4.78, 5) is 0. The van der Waals surface area contributed by atoms with Crippen LogP contribution in [0.2, 0.25) is 0 Å². The molecular formula is C10H24N2. The Hall–Kier alpha value is -0.0800. The van der Waals surface area contributed by atoms with E-state index in [0.29, 0.717) is 5.54 Å². The van der Waals surface area contributed by atoms with Gasteiger partial charge in [-0.1, -0.05) is 13.8 Å². The molecule has 0 aliphatic heterocycles. The normalized spacial score (nSPS) is 12.0. The van der Waals surface area contributed by atoms with Gasteiger partial charge in [-0.2, -0.15) is 0 Å². The van der Waals surface area contributed by atoms with Crippen LogP contribution < -0.4 is 11.1 Å². The van der Waals surface area contributed by atoms with Crippen LogP contribution in [-0.4, -0.2) is 18.6 Å². The van der Waals surface area contributed by atoms with Crippen LogP contribution in [-0.2, 0) is 0 Å². The highest BCUT2D eigenvalue weighted by atomic mass is 15.0. The van der Waals surface area contributed by atoms with E-state index in [1.54, 1.807) is 0 Å². The van der Waals surface area contributed by atoms with E-state index in [1.807, 2.05) is 0 Å². The number of rotatable bonds is 7. The Morgan fingerprint density at radius 3 is 2.17 bits per heavy atom. The van der Waals surface area contributed by atoms with Crippen LogP contribution in [0.3, 0.4) is 0 Å². The summed E-state index contributed by atoms with van der Waals surface area (Å²) in [5.41, 5.74) is 5.76. The first kappa shape index (κ1) is 11.9. The maximum absolute atomic E-state index is 5.42. The van der Waals surface area contributed by atoms with Gasteiger partial charge in [-0.25, -0.2) is 0 Å². The second-order valence-electron chi connectivity index (χ2n) is 3.69. The molecule has 0 aromatic rings. The first-order chi connectivity index (χ1) is 5.68. The molecule has 0 radical (unpaired) electrons. The zero-order valence-corrected chi connectivity index (χ0v) is 8.82. The van der Waals surface area contributed by atoms with Gasteiger partial charge in [0.25, 0.3) is 0 Å². The van der Waals surface area contributed by atoms with Crippen molar-refractivity contribution >= 4 is 0 Å². The smallest absolute Gasteiger partial charge is 0.0148 e. The Labute approximate surface area is 76.9 Å². The number of hydrogen-bond acceptors (Lipinski definition) is 2. The number of unbranched alkanes of at least 4 members (excludes halogenated alkanes) is 1. The third-order valence-electron chi connectivity index (χ3n) is 2.74. The summed E-state index contributed by atoms with van der Waals surface area (Å²) in [5.74, 6) is 0. The molecule has 0 rings (SSSR count). The highest BCUT2D eigenvalue weighted by molar-refractivity contribution is 4.79. The molecule has 0 bridgehead atoms. The average Bonchev–Trinajstić information content (AvgIpc) is 2.12. The lowest BCUT2D eigenvalue weighted by atomic mass is 9.95. The molecule has 0 fully saturated rings. The fourth-order valence-electron chi connectivity index (χ4n) is 1.16. The first-order valence-electron chi connectivity index (χ1n) is 5.13. The van der Waals surface area contributed by atoms with Gasteiger partial charge < -0.3 is 11.1 Å². The number of hydrogen-bond donors (Lipinski definition) is 2. The third-order valence-corrected chi connectivity index (χ3v) is 2.74. The summed E-state index contributed by atoms with van der Waals surface area (Å²) in [6.07, 6.45) is 4.74. The van der Waals surface area contributed by atoms with Gasteiger partial charge >= 0.3 is 0 Å². The molecule has 0 unspecified atom stereocenters. The Kier molecular flexibility index (Phi) is 6.39. The largest absolute Gasteiger partial charge is 0.330 e. The highest BCUT2D eigenvalue weighted by Gasteiger charge is 2.17. The Balaban J connectivity index is 3.45. The molecule has 0 aromatic heterocycles. The third kappa shape index (κ3) is 4.73. The number of nitrogens with two attached hydrogens (primary N) is 1. The Morgan fingerprint density at radius 2 is 1.75 bits per heavy atom. The van der Waals surface area contributed by atoms with E-state index in [0.717, 1.165) is 19.5 Å². The van der Waals surface area contributed by atoms with Gasteiger partial charge in [0, 0.05) is 5.54 Å². The molecule has 0 atom stereocenters. The average molecular weight is 172 g/mol. The molecule has 12 heavy (non-hydrogen) atoms. The van der Waals surface area contributed by atoms with Gasteiger partial charge in [-0.15, -0.1) is 0 Å². The second kappa shape index (κ2) is 6.44. The van der Waals surface area contributed by atoms with Crippen LogP contribution in [0.1, 0.15) is 46.5 Å². The van der Waals surface area contributed by atoms with Crippen LogP contribution in [0.25, 0.3) is 0 Å². The van der Waals surface area contributed by atoms with E-state index in [-0.39, 0.29) is 0 Å². The molecule has 2 nitrogen and oxygen atoms in total. The Morgan fingerprint density at radius 1 is 1.17 bits per heavy atom. The molecule has 3 N–H and O–H groups in total. The van der Waals surface area contributed by atoms with Crippen molar-refractivity contribution in [2.24, 2.45) is 5.73 Å². The van der Waals surface area contributed by atoms with Gasteiger partial charge in [-0.3, -0.25) is 0 Å². The minimum atomic E-state index is 0.342. The van der Waals surface area contributed by atoms with Crippen molar-refractivity contribution in [3.63, 3.8) is 0 Å². The lowest BCUT2D eigenvalue weighted by Crippen LogP contribution is -2.41. The van der Waals surface area contributed by atoms with Gasteiger partial charge in [0.1, 0.15) is 0 Å². The fraction of sp³-hybridized carbons (Fsp3) is 1.00. The van der Waals surface area contributed by atoms with Crippen molar-refractivity contribution in [3.05, 3.63) is 0 Å². The number of nitrogens with one attached hydrogen (secondary N) is 1. The Bertz CT molecular complexity index is 98.0. The van der Waals surface area contributed by atoms with E-state index in [4.69, 9.17) is 5.73 Å². The lowest BCUT2D eigenvalue weighted by molar-refractivity contribution is 0.329. The van der Waals surface area contributed by atoms with Crippen molar-refractivity contribution < 1.29 is 0 Å². The molecule has 0 saturated carbocycles. The standard InChI is InChI=1S/C10H24N2/c1-4-10(3,5-2)12-9-7-6-8-11/h12H,4-9,11H2,1-3H3. The molecule has 2 heteroatoms.